The van der Waals surface area contributed by atoms with Crippen molar-refractivity contribution in [3.8, 4) is 0 Å². The van der Waals surface area contributed by atoms with Gasteiger partial charge in [0.1, 0.15) is 6.10 Å². The summed E-state index contributed by atoms with van der Waals surface area (Å²) in [6, 6.07) is 6.00. The van der Waals surface area contributed by atoms with Crippen molar-refractivity contribution in [2.45, 2.75) is 47.6 Å². The highest BCUT2D eigenvalue weighted by molar-refractivity contribution is 9.10. The third-order valence-corrected chi connectivity index (χ3v) is 5.79. The van der Waals surface area contributed by atoms with Crippen LogP contribution in [0.25, 0.3) is 0 Å². The smallest absolute Gasteiger partial charge is 0.105 e. The van der Waals surface area contributed by atoms with E-state index in [1.54, 1.807) is 0 Å². The third kappa shape index (κ3) is 2.67. The molecule has 0 aliphatic rings. The minimum absolute atomic E-state index is 0.583. The molecule has 21 heavy (non-hydrogen) atoms. The Morgan fingerprint density at radius 1 is 0.762 bits per heavy atom. The molecule has 0 heterocycles. The first-order valence-corrected chi connectivity index (χ1v) is 8.06. The van der Waals surface area contributed by atoms with E-state index in [1.165, 1.54) is 27.8 Å². The summed E-state index contributed by atoms with van der Waals surface area (Å²) in [5.41, 5.74) is 9.39. The van der Waals surface area contributed by atoms with Gasteiger partial charge in [-0.2, -0.15) is 0 Å². The zero-order chi connectivity index (χ0) is 15.9. The largest absolute Gasteiger partial charge is 0.384 e. The van der Waals surface area contributed by atoms with Gasteiger partial charge in [0.15, 0.2) is 0 Å². The molecule has 1 atom stereocenters. The quantitative estimate of drug-likeness (QED) is 0.773. The van der Waals surface area contributed by atoms with Crippen molar-refractivity contribution in [1.82, 2.24) is 0 Å². The van der Waals surface area contributed by atoms with E-state index in [0.717, 1.165) is 21.2 Å². The number of aliphatic hydroxyl groups is 1. The lowest BCUT2D eigenvalue weighted by Crippen LogP contribution is -2.10. The highest BCUT2D eigenvalue weighted by Crippen LogP contribution is 2.35. The number of hydrogen-bond donors (Lipinski definition) is 1. The van der Waals surface area contributed by atoms with Crippen LogP contribution in [0.4, 0.5) is 0 Å². The maximum atomic E-state index is 11.0. The lowest BCUT2D eigenvalue weighted by molar-refractivity contribution is 0.217. The van der Waals surface area contributed by atoms with Crippen LogP contribution in [0.3, 0.4) is 0 Å². The molecule has 1 N–H and O–H groups in total. The zero-order valence-corrected chi connectivity index (χ0v) is 15.2. The van der Waals surface area contributed by atoms with Crippen LogP contribution in [0.2, 0.25) is 0 Å². The van der Waals surface area contributed by atoms with Crippen molar-refractivity contribution in [3.63, 3.8) is 0 Å². The summed E-state index contributed by atoms with van der Waals surface area (Å²) in [7, 11) is 0. The van der Waals surface area contributed by atoms with Crippen LogP contribution in [-0.4, -0.2) is 5.11 Å². The minimum Gasteiger partial charge on any atom is -0.384 e. The lowest BCUT2D eigenvalue weighted by atomic mass is 9.84. The van der Waals surface area contributed by atoms with Crippen molar-refractivity contribution < 1.29 is 5.11 Å². The van der Waals surface area contributed by atoms with E-state index in [4.69, 9.17) is 0 Å². The third-order valence-electron chi connectivity index (χ3n) is 4.94. The van der Waals surface area contributed by atoms with Gasteiger partial charge in [-0.25, -0.2) is 0 Å². The molecule has 0 bridgehead atoms. The van der Waals surface area contributed by atoms with E-state index < -0.39 is 6.10 Å². The highest BCUT2D eigenvalue weighted by atomic mass is 79.9. The SMILES string of the molecule is Cc1c(Br)cccc1C(O)c1c(C)c(C)c(C)c(C)c1C. The normalized spacial score (nSPS) is 12.6. The maximum absolute atomic E-state index is 11.0. The predicted molar refractivity (Wildman–Crippen MR) is 93.1 cm³/mol. The molecule has 2 aromatic rings. The van der Waals surface area contributed by atoms with Gasteiger partial charge in [-0.05, 0) is 92.1 Å². The molecule has 0 spiro atoms. The number of aliphatic hydroxyl groups excluding tert-OH is 1. The van der Waals surface area contributed by atoms with E-state index in [9.17, 15) is 5.11 Å². The van der Waals surface area contributed by atoms with Gasteiger partial charge in [-0.1, -0.05) is 28.1 Å². The van der Waals surface area contributed by atoms with Gasteiger partial charge in [0.25, 0.3) is 0 Å². The van der Waals surface area contributed by atoms with Gasteiger partial charge in [0, 0.05) is 4.47 Å². The van der Waals surface area contributed by atoms with Gasteiger partial charge < -0.3 is 5.11 Å². The molecule has 0 radical (unpaired) electrons. The Balaban J connectivity index is 2.70. The summed E-state index contributed by atoms with van der Waals surface area (Å²) in [5, 5.41) is 11.0. The van der Waals surface area contributed by atoms with Crippen LogP contribution in [0.15, 0.2) is 22.7 Å². The second-order valence-electron chi connectivity index (χ2n) is 5.90. The number of benzene rings is 2. The topological polar surface area (TPSA) is 20.2 Å². The van der Waals surface area contributed by atoms with Crippen molar-refractivity contribution in [3.05, 3.63) is 67.2 Å². The van der Waals surface area contributed by atoms with Crippen molar-refractivity contribution in [1.29, 1.82) is 0 Å². The summed E-state index contributed by atoms with van der Waals surface area (Å²) in [5.74, 6) is 0. The molecule has 2 heteroatoms. The fraction of sp³-hybridized carbons (Fsp3) is 0.368. The molecule has 0 aliphatic heterocycles. The Morgan fingerprint density at radius 2 is 1.24 bits per heavy atom. The predicted octanol–water partition coefficient (Wildman–Crippen LogP) is 5.38. The van der Waals surface area contributed by atoms with Crippen LogP contribution in [0.5, 0.6) is 0 Å². The van der Waals surface area contributed by atoms with Gasteiger partial charge in [-0.15, -0.1) is 0 Å². The molecule has 0 aromatic heterocycles. The van der Waals surface area contributed by atoms with Gasteiger partial charge >= 0.3 is 0 Å². The first-order valence-electron chi connectivity index (χ1n) is 7.27. The van der Waals surface area contributed by atoms with Gasteiger partial charge in [0.2, 0.25) is 0 Å². The molecule has 1 unspecified atom stereocenters. The molecule has 0 saturated carbocycles. The first kappa shape index (κ1) is 16.3. The average molecular weight is 347 g/mol. The Labute approximate surface area is 136 Å². The molecule has 0 amide bonds. The van der Waals surface area contributed by atoms with Gasteiger partial charge in [0.05, 0.1) is 0 Å². The Bertz CT molecular complexity index is 672. The average Bonchev–Trinajstić information content (AvgIpc) is 2.46. The Kier molecular flexibility index (Phi) is 4.60. The fourth-order valence-electron chi connectivity index (χ4n) is 3.02. The summed E-state index contributed by atoms with van der Waals surface area (Å²) < 4.78 is 1.04. The minimum atomic E-state index is -0.583. The number of halogens is 1. The summed E-state index contributed by atoms with van der Waals surface area (Å²) >= 11 is 3.55. The van der Waals surface area contributed by atoms with Crippen molar-refractivity contribution in [2.75, 3.05) is 0 Å². The van der Waals surface area contributed by atoms with Crippen LogP contribution < -0.4 is 0 Å². The molecular formula is C19H23BrO. The zero-order valence-electron chi connectivity index (χ0n) is 13.6. The molecule has 2 rings (SSSR count). The highest BCUT2D eigenvalue weighted by Gasteiger charge is 2.21. The van der Waals surface area contributed by atoms with Crippen molar-refractivity contribution >= 4 is 15.9 Å². The van der Waals surface area contributed by atoms with Crippen LogP contribution >= 0.6 is 15.9 Å². The van der Waals surface area contributed by atoms with E-state index in [1.807, 2.05) is 25.1 Å². The van der Waals surface area contributed by atoms with Gasteiger partial charge in [-0.3, -0.25) is 0 Å². The second kappa shape index (κ2) is 5.94. The summed E-state index contributed by atoms with van der Waals surface area (Å²) in [4.78, 5) is 0. The van der Waals surface area contributed by atoms with Crippen LogP contribution in [0.1, 0.15) is 50.6 Å². The standard InChI is InChI=1S/C19H23BrO/c1-10-11(2)13(4)18(14(5)12(10)3)19(21)16-8-7-9-17(20)15(16)6/h7-9,19,21H,1-6H3. The van der Waals surface area contributed by atoms with E-state index in [2.05, 4.69) is 50.5 Å². The Morgan fingerprint density at radius 3 is 1.76 bits per heavy atom. The van der Waals surface area contributed by atoms with E-state index in [0.29, 0.717) is 0 Å². The molecule has 0 aliphatic carbocycles. The first-order chi connectivity index (χ1) is 9.77. The Hall–Kier alpha value is -1.12. The van der Waals surface area contributed by atoms with Crippen LogP contribution in [0, 0.1) is 41.5 Å². The monoisotopic (exact) mass is 346 g/mol. The number of hydrogen-bond acceptors (Lipinski definition) is 1. The molecule has 2 aromatic carbocycles. The maximum Gasteiger partial charge on any atom is 0.105 e. The molecule has 0 saturated heterocycles. The summed E-state index contributed by atoms with van der Waals surface area (Å²) in [6.45, 7) is 12.7. The van der Waals surface area contributed by atoms with E-state index >= 15 is 0 Å². The summed E-state index contributed by atoms with van der Waals surface area (Å²) in [6.07, 6.45) is -0.583. The fourth-order valence-corrected chi connectivity index (χ4v) is 3.40. The number of rotatable bonds is 2. The second-order valence-corrected chi connectivity index (χ2v) is 6.75. The molecule has 0 fully saturated rings. The molecule has 112 valence electrons. The van der Waals surface area contributed by atoms with Crippen molar-refractivity contribution in [2.24, 2.45) is 0 Å². The molecule has 1 nitrogen and oxygen atoms in total. The van der Waals surface area contributed by atoms with E-state index in [-0.39, 0.29) is 0 Å². The lowest BCUT2D eigenvalue weighted by Gasteiger charge is -2.24. The molecular weight excluding hydrogens is 324 g/mol. The van der Waals surface area contributed by atoms with Crippen LogP contribution in [-0.2, 0) is 0 Å².